The Kier molecular flexibility index (Phi) is 5.53. The molecule has 22 heavy (non-hydrogen) atoms. The second kappa shape index (κ2) is 7.02. The zero-order valence-electron chi connectivity index (χ0n) is 12.7. The molecule has 2 heterocycles. The molecule has 0 aliphatic carbocycles. The van der Waals surface area contributed by atoms with Crippen LogP contribution in [0.1, 0.15) is 29.0 Å². The molecule has 1 aliphatic rings. The van der Waals surface area contributed by atoms with Crippen LogP contribution in [0.2, 0.25) is 0 Å². The molecular weight excluding hydrogens is 368 g/mol. The summed E-state index contributed by atoms with van der Waals surface area (Å²) < 4.78 is 6.79. The van der Waals surface area contributed by atoms with Crippen LogP contribution in [-0.2, 0) is 0 Å². The Morgan fingerprint density at radius 1 is 1.36 bits per heavy atom. The maximum absolute atomic E-state index is 12.7. The van der Waals surface area contributed by atoms with Gasteiger partial charge in [0.15, 0.2) is 5.76 Å². The van der Waals surface area contributed by atoms with E-state index in [0.717, 1.165) is 46.9 Å². The number of nitrogens with one attached hydrogen (secondary N) is 1. The predicted octanol–water partition coefficient (Wildman–Crippen LogP) is 3.75. The van der Waals surface area contributed by atoms with E-state index in [1.54, 1.807) is 0 Å². The monoisotopic (exact) mass is 386 g/mol. The quantitative estimate of drug-likeness (QED) is 0.853. The Balaban J connectivity index is 0.00000176. The number of carbonyl (C=O) groups excluding carboxylic acids is 1. The van der Waals surface area contributed by atoms with Crippen LogP contribution in [0.5, 0.6) is 0 Å². The Morgan fingerprint density at radius 3 is 2.73 bits per heavy atom. The van der Waals surface area contributed by atoms with Crippen LogP contribution in [-0.4, -0.2) is 37.0 Å². The van der Waals surface area contributed by atoms with Gasteiger partial charge >= 0.3 is 0 Å². The van der Waals surface area contributed by atoms with E-state index >= 15 is 0 Å². The summed E-state index contributed by atoms with van der Waals surface area (Å²) in [4.78, 5) is 14.6. The second-order valence-electron chi connectivity index (χ2n) is 5.59. The van der Waals surface area contributed by atoms with Gasteiger partial charge in [-0.25, -0.2) is 0 Å². The fourth-order valence-electron chi connectivity index (χ4n) is 2.92. The van der Waals surface area contributed by atoms with Crippen LogP contribution < -0.4 is 5.32 Å². The minimum Gasteiger partial charge on any atom is -0.451 e. The fraction of sp³-hybridized carbons (Fsp3) is 0.438. The molecule has 1 N–H and O–H groups in total. The first-order valence-electron chi connectivity index (χ1n) is 7.24. The Bertz CT molecular complexity index is 680. The van der Waals surface area contributed by atoms with Crippen molar-refractivity contribution in [3.63, 3.8) is 0 Å². The van der Waals surface area contributed by atoms with Gasteiger partial charge in [-0.1, -0.05) is 15.9 Å². The molecule has 1 aliphatic heterocycles. The molecule has 0 bridgehead atoms. The third-order valence-corrected chi connectivity index (χ3v) is 4.76. The Labute approximate surface area is 144 Å². The van der Waals surface area contributed by atoms with Crippen molar-refractivity contribution in [2.24, 2.45) is 0 Å². The molecule has 1 amide bonds. The first-order chi connectivity index (χ1) is 10.1. The molecule has 0 saturated carbocycles. The molecule has 0 radical (unpaired) electrons. The van der Waals surface area contributed by atoms with E-state index in [2.05, 4.69) is 21.2 Å². The number of nitrogens with zero attached hydrogens (tertiary/aromatic N) is 1. The summed E-state index contributed by atoms with van der Waals surface area (Å²) >= 11 is 3.46. The van der Waals surface area contributed by atoms with Crippen molar-refractivity contribution >= 4 is 45.2 Å². The van der Waals surface area contributed by atoms with Crippen molar-refractivity contribution in [1.82, 2.24) is 10.2 Å². The molecule has 0 spiro atoms. The van der Waals surface area contributed by atoms with Gasteiger partial charge in [-0.15, -0.1) is 12.4 Å². The summed E-state index contributed by atoms with van der Waals surface area (Å²) in [6.45, 7) is 3.88. The molecule has 0 unspecified atom stereocenters. The van der Waals surface area contributed by atoms with Crippen LogP contribution in [0, 0.1) is 6.92 Å². The zero-order valence-corrected chi connectivity index (χ0v) is 15.1. The van der Waals surface area contributed by atoms with Crippen LogP contribution in [0.3, 0.4) is 0 Å². The van der Waals surface area contributed by atoms with Gasteiger partial charge < -0.3 is 14.6 Å². The van der Waals surface area contributed by atoms with Gasteiger partial charge in [0.2, 0.25) is 0 Å². The largest absolute Gasteiger partial charge is 0.451 e. The van der Waals surface area contributed by atoms with Gasteiger partial charge in [0.25, 0.3) is 5.91 Å². The molecule has 1 aromatic heterocycles. The first kappa shape index (κ1) is 17.3. The molecule has 0 atom stereocenters. The summed E-state index contributed by atoms with van der Waals surface area (Å²) in [6, 6.07) is 6.11. The average Bonchev–Trinajstić information content (AvgIpc) is 2.83. The highest BCUT2D eigenvalue weighted by Crippen LogP contribution is 2.29. The minimum atomic E-state index is -0.0216. The molecule has 3 rings (SSSR count). The van der Waals surface area contributed by atoms with Crippen molar-refractivity contribution in [2.75, 3.05) is 20.1 Å². The molecular formula is C16H20BrClN2O2. The fourth-order valence-corrected chi connectivity index (χ4v) is 3.28. The Morgan fingerprint density at radius 2 is 2.05 bits per heavy atom. The van der Waals surface area contributed by atoms with E-state index < -0.39 is 0 Å². The SMILES string of the molecule is Cc1c(C(=O)N(C)C2CCNCC2)oc2ccc(Br)cc12.Cl. The molecule has 1 saturated heterocycles. The standard InChI is InChI=1S/C16H19BrN2O2.ClH/c1-10-13-9-11(17)3-4-14(13)21-15(10)16(20)19(2)12-5-7-18-8-6-12;/h3-4,9,12,18H,5-8H2,1-2H3;1H. The van der Waals surface area contributed by atoms with Gasteiger partial charge in [0.1, 0.15) is 5.58 Å². The number of rotatable bonds is 2. The van der Waals surface area contributed by atoms with Crippen molar-refractivity contribution < 1.29 is 9.21 Å². The molecule has 120 valence electrons. The van der Waals surface area contributed by atoms with Gasteiger partial charge in [0.05, 0.1) is 0 Å². The molecule has 1 aromatic carbocycles. The number of piperidine rings is 1. The lowest BCUT2D eigenvalue weighted by Crippen LogP contribution is -2.44. The van der Waals surface area contributed by atoms with Crippen molar-refractivity contribution in [2.45, 2.75) is 25.8 Å². The maximum Gasteiger partial charge on any atom is 0.289 e. The van der Waals surface area contributed by atoms with E-state index in [-0.39, 0.29) is 24.4 Å². The third-order valence-electron chi connectivity index (χ3n) is 4.27. The Hall–Kier alpha value is -1.04. The predicted molar refractivity (Wildman–Crippen MR) is 93.9 cm³/mol. The summed E-state index contributed by atoms with van der Waals surface area (Å²) in [7, 11) is 1.88. The normalized spacial score (nSPS) is 15.6. The number of halogens is 2. The number of aryl methyl sites for hydroxylation is 1. The topological polar surface area (TPSA) is 45.5 Å². The summed E-state index contributed by atoms with van der Waals surface area (Å²) in [6.07, 6.45) is 1.99. The number of fused-ring (bicyclic) bond motifs is 1. The summed E-state index contributed by atoms with van der Waals surface area (Å²) in [5.41, 5.74) is 1.68. The lowest BCUT2D eigenvalue weighted by atomic mass is 10.0. The minimum absolute atomic E-state index is 0. The van der Waals surface area contributed by atoms with Crippen molar-refractivity contribution in [1.29, 1.82) is 0 Å². The van der Waals surface area contributed by atoms with E-state index in [0.29, 0.717) is 5.76 Å². The van der Waals surface area contributed by atoms with E-state index in [1.165, 1.54) is 0 Å². The molecule has 2 aromatic rings. The number of carbonyl (C=O) groups is 1. The van der Waals surface area contributed by atoms with Crippen LogP contribution in [0.25, 0.3) is 11.0 Å². The lowest BCUT2D eigenvalue weighted by Gasteiger charge is -2.31. The smallest absolute Gasteiger partial charge is 0.289 e. The van der Waals surface area contributed by atoms with Crippen LogP contribution >= 0.6 is 28.3 Å². The number of hydrogen-bond acceptors (Lipinski definition) is 3. The molecule has 6 heteroatoms. The summed E-state index contributed by atoms with van der Waals surface area (Å²) in [5.74, 6) is 0.441. The lowest BCUT2D eigenvalue weighted by molar-refractivity contribution is 0.0672. The van der Waals surface area contributed by atoms with Crippen molar-refractivity contribution in [3.05, 3.63) is 34.0 Å². The van der Waals surface area contributed by atoms with Gasteiger partial charge in [0, 0.05) is 28.5 Å². The zero-order chi connectivity index (χ0) is 15.0. The van der Waals surface area contributed by atoms with E-state index in [9.17, 15) is 4.79 Å². The van der Waals surface area contributed by atoms with Gasteiger partial charge in [-0.3, -0.25) is 4.79 Å². The maximum atomic E-state index is 12.7. The van der Waals surface area contributed by atoms with Gasteiger partial charge in [-0.05, 0) is 51.1 Å². The first-order valence-corrected chi connectivity index (χ1v) is 8.04. The number of hydrogen-bond donors (Lipinski definition) is 1. The molecule has 1 fully saturated rings. The highest BCUT2D eigenvalue weighted by atomic mass is 79.9. The highest BCUT2D eigenvalue weighted by molar-refractivity contribution is 9.10. The summed E-state index contributed by atoms with van der Waals surface area (Å²) in [5, 5.41) is 4.31. The van der Waals surface area contributed by atoms with Crippen LogP contribution in [0.4, 0.5) is 0 Å². The highest BCUT2D eigenvalue weighted by Gasteiger charge is 2.27. The van der Waals surface area contributed by atoms with Crippen LogP contribution in [0.15, 0.2) is 27.1 Å². The second-order valence-corrected chi connectivity index (χ2v) is 6.51. The molecule has 4 nitrogen and oxygen atoms in total. The van der Waals surface area contributed by atoms with Gasteiger partial charge in [-0.2, -0.15) is 0 Å². The average molecular weight is 388 g/mol. The third kappa shape index (κ3) is 3.16. The number of amides is 1. The number of benzene rings is 1. The van der Waals surface area contributed by atoms with Crippen molar-refractivity contribution in [3.8, 4) is 0 Å². The number of furan rings is 1. The van der Waals surface area contributed by atoms with E-state index in [4.69, 9.17) is 4.42 Å². The van der Waals surface area contributed by atoms with E-state index in [1.807, 2.05) is 37.1 Å².